The molecule has 1 aromatic heterocycles. The highest BCUT2D eigenvalue weighted by Gasteiger charge is 2.21. The van der Waals surface area contributed by atoms with Crippen LogP contribution in [0.15, 0.2) is 18.5 Å². The van der Waals surface area contributed by atoms with Gasteiger partial charge in [0.2, 0.25) is 0 Å². The topological polar surface area (TPSA) is 62.6 Å². The van der Waals surface area contributed by atoms with Crippen molar-refractivity contribution in [2.24, 2.45) is 0 Å². The van der Waals surface area contributed by atoms with Gasteiger partial charge >= 0.3 is 13.5 Å². The Morgan fingerprint density at radius 1 is 1.27 bits per heavy atom. The molecule has 0 aliphatic rings. The van der Waals surface area contributed by atoms with Gasteiger partial charge in [0.25, 0.3) is 6.36 Å². The van der Waals surface area contributed by atoms with E-state index in [9.17, 15) is 13.2 Å². The van der Waals surface area contributed by atoms with Gasteiger partial charge in [0.1, 0.15) is 5.75 Å². The Hall–Kier alpha value is -1.28. The van der Waals surface area contributed by atoms with E-state index in [-0.39, 0.29) is 11.2 Å². The van der Waals surface area contributed by atoms with Crippen LogP contribution in [0.5, 0.6) is 5.75 Å². The smallest absolute Gasteiger partial charge is 0.453 e. The lowest BCUT2D eigenvalue weighted by molar-refractivity contribution is -0.0670. The van der Waals surface area contributed by atoms with Gasteiger partial charge in [0.15, 0.2) is 0 Å². The second-order valence-electron chi connectivity index (χ2n) is 2.63. The molecule has 1 heterocycles. The first kappa shape index (κ1) is 11.8. The zero-order valence-electron chi connectivity index (χ0n) is 7.35. The van der Waals surface area contributed by atoms with Crippen molar-refractivity contribution in [2.45, 2.75) is 12.8 Å². The largest absolute Gasteiger partial charge is 0.490 e. The van der Waals surface area contributed by atoms with Gasteiger partial charge in [-0.2, -0.15) is 4.39 Å². The molecule has 0 radical (unpaired) electrons. The fourth-order valence-corrected chi connectivity index (χ4v) is 0.823. The number of hydrogen-bond donors (Lipinski definition) is 2. The van der Waals surface area contributed by atoms with Gasteiger partial charge < -0.3 is 14.8 Å². The molecule has 0 saturated heterocycles. The number of rotatable bonds is 4. The second kappa shape index (κ2) is 4.99. The second-order valence-corrected chi connectivity index (χ2v) is 2.63. The molecule has 1 rings (SSSR count). The number of hydrogen-bond acceptors (Lipinski definition) is 4. The van der Waals surface area contributed by atoms with Crippen molar-refractivity contribution in [2.75, 3.05) is 0 Å². The van der Waals surface area contributed by atoms with Gasteiger partial charge in [-0.1, -0.05) is 0 Å². The summed E-state index contributed by atoms with van der Waals surface area (Å²) < 4.78 is 40.1. The molecule has 0 aromatic carbocycles. The van der Waals surface area contributed by atoms with Crippen LogP contribution in [0.25, 0.3) is 0 Å². The van der Waals surface area contributed by atoms with Crippen molar-refractivity contribution in [3.05, 3.63) is 18.5 Å². The van der Waals surface area contributed by atoms with E-state index in [0.717, 1.165) is 18.5 Å². The zero-order chi connectivity index (χ0) is 11.4. The van der Waals surface area contributed by atoms with Crippen LogP contribution in [0.2, 0.25) is 0 Å². The zero-order valence-corrected chi connectivity index (χ0v) is 7.35. The van der Waals surface area contributed by atoms with E-state index in [4.69, 9.17) is 10.0 Å². The van der Waals surface area contributed by atoms with Crippen LogP contribution in [0.3, 0.4) is 0 Å². The van der Waals surface area contributed by atoms with Gasteiger partial charge in [-0.15, -0.1) is 0 Å². The Balaban J connectivity index is 2.73. The maximum absolute atomic E-state index is 12.4. The summed E-state index contributed by atoms with van der Waals surface area (Å²) >= 11 is 0. The van der Waals surface area contributed by atoms with Gasteiger partial charge in [0, 0.05) is 11.7 Å². The molecule has 4 nitrogen and oxygen atoms in total. The standard InChI is InChI=1S/C7H7BF3NO3/c9-6(10)7(11)15-5-1-4(8(13)14)2-12-3-5/h1-3,6-7,13-14H. The third kappa shape index (κ3) is 3.41. The number of halogens is 3. The van der Waals surface area contributed by atoms with Crippen LogP contribution in [-0.4, -0.2) is 34.9 Å². The van der Waals surface area contributed by atoms with Crippen molar-refractivity contribution < 1.29 is 28.0 Å². The first-order valence-corrected chi connectivity index (χ1v) is 3.90. The summed E-state index contributed by atoms with van der Waals surface area (Å²) in [6, 6.07) is 1.01. The van der Waals surface area contributed by atoms with Crippen LogP contribution in [0.4, 0.5) is 13.2 Å². The molecular formula is C7H7BF3NO3. The monoisotopic (exact) mass is 221 g/mol. The Labute approximate surface area is 83.5 Å². The molecule has 0 spiro atoms. The van der Waals surface area contributed by atoms with Crippen LogP contribution in [0, 0.1) is 0 Å². The summed E-state index contributed by atoms with van der Waals surface area (Å²) in [4.78, 5) is 3.46. The first-order chi connectivity index (χ1) is 7.00. The molecule has 15 heavy (non-hydrogen) atoms. The molecule has 82 valence electrons. The Morgan fingerprint density at radius 3 is 2.47 bits per heavy atom. The van der Waals surface area contributed by atoms with Crippen molar-refractivity contribution in [3.63, 3.8) is 0 Å². The minimum atomic E-state index is -3.27. The summed E-state index contributed by atoms with van der Waals surface area (Å²) in [5.41, 5.74) is -0.0750. The Bertz CT molecular complexity index is 326. The number of ether oxygens (including phenoxy) is 1. The molecule has 0 aliphatic carbocycles. The highest BCUT2D eigenvalue weighted by Crippen LogP contribution is 2.13. The van der Waals surface area contributed by atoms with Gasteiger partial charge in [-0.25, -0.2) is 8.78 Å². The van der Waals surface area contributed by atoms with Crippen LogP contribution in [-0.2, 0) is 0 Å². The first-order valence-electron chi connectivity index (χ1n) is 3.90. The summed E-state index contributed by atoms with van der Waals surface area (Å²) in [6.45, 7) is 0. The van der Waals surface area contributed by atoms with E-state index < -0.39 is 19.9 Å². The minimum Gasteiger partial charge on any atom is -0.453 e. The maximum atomic E-state index is 12.4. The lowest BCUT2D eigenvalue weighted by atomic mass is 9.82. The Kier molecular flexibility index (Phi) is 3.92. The minimum absolute atomic E-state index is 0.0750. The molecule has 1 atom stereocenters. The third-order valence-electron chi connectivity index (χ3n) is 1.48. The Morgan fingerprint density at radius 2 is 1.93 bits per heavy atom. The van der Waals surface area contributed by atoms with Gasteiger partial charge in [-0.3, -0.25) is 4.98 Å². The number of nitrogens with zero attached hydrogens (tertiary/aromatic N) is 1. The fraction of sp³-hybridized carbons (Fsp3) is 0.286. The molecular weight excluding hydrogens is 214 g/mol. The molecule has 0 fully saturated rings. The molecule has 8 heteroatoms. The van der Waals surface area contributed by atoms with Crippen LogP contribution >= 0.6 is 0 Å². The molecule has 2 N–H and O–H groups in total. The highest BCUT2D eigenvalue weighted by atomic mass is 19.3. The number of aromatic nitrogens is 1. The summed E-state index contributed by atoms with van der Waals surface area (Å²) in [7, 11) is -1.81. The maximum Gasteiger partial charge on any atom is 0.490 e. The molecule has 1 aromatic rings. The molecule has 0 saturated carbocycles. The van der Waals surface area contributed by atoms with Crippen molar-refractivity contribution in [1.82, 2.24) is 4.98 Å². The fourth-order valence-electron chi connectivity index (χ4n) is 0.823. The summed E-state index contributed by atoms with van der Waals surface area (Å²) in [6.07, 6.45) is -3.96. The van der Waals surface area contributed by atoms with Crippen molar-refractivity contribution >= 4 is 12.6 Å². The van der Waals surface area contributed by atoms with E-state index in [0.29, 0.717) is 0 Å². The number of pyridine rings is 1. The summed E-state index contributed by atoms with van der Waals surface area (Å²) in [5, 5.41) is 17.4. The predicted octanol–water partition coefficient (Wildman–Crippen LogP) is -0.299. The normalized spacial score (nSPS) is 12.7. The van der Waals surface area contributed by atoms with Gasteiger partial charge in [0.05, 0.1) is 6.20 Å². The van der Waals surface area contributed by atoms with E-state index >= 15 is 0 Å². The third-order valence-corrected chi connectivity index (χ3v) is 1.48. The summed E-state index contributed by atoms with van der Waals surface area (Å²) in [5.74, 6) is -0.298. The molecule has 0 amide bonds. The SMILES string of the molecule is OB(O)c1cncc(OC(F)C(F)F)c1. The van der Waals surface area contributed by atoms with Crippen LogP contribution in [0.1, 0.15) is 0 Å². The van der Waals surface area contributed by atoms with Crippen molar-refractivity contribution in [1.29, 1.82) is 0 Å². The van der Waals surface area contributed by atoms with E-state index in [2.05, 4.69) is 9.72 Å². The van der Waals surface area contributed by atoms with Crippen LogP contribution < -0.4 is 10.2 Å². The average molecular weight is 221 g/mol. The van der Waals surface area contributed by atoms with Crippen molar-refractivity contribution in [3.8, 4) is 5.75 Å². The van der Waals surface area contributed by atoms with E-state index in [1.807, 2.05) is 0 Å². The van der Waals surface area contributed by atoms with Gasteiger partial charge in [-0.05, 0) is 6.07 Å². The lowest BCUT2D eigenvalue weighted by Gasteiger charge is -2.10. The van der Waals surface area contributed by atoms with E-state index in [1.54, 1.807) is 0 Å². The number of alkyl halides is 3. The average Bonchev–Trinajstić information content (AvgIpc) is 2.18. The molecule has 0 aliphatic heterocycles. The molecule has 0 bridgehead atoms. The molecule has 1 unspecified atom stereocenters. The highest BCUT2D eigenvalue weighted by molar-refractivity contribution is 6.58. The quantitative estimate of drug-likeness (QED) is 0.685. The lowest BCUT2D eigenvalue weighted by Crippen LogP contribution is -2.30. The predicted molar refractivity (Wildman–Crippen MR) is 45.6 cm³/mol. The van der Waals surface area contributed by atoms with E-state index in [1.165, 1.54) is 0 Å².